The van der Waals surface area contributed by atoms with E-state index in [2.05, 4.69) is 29.7 Å². The first-order valence-electron chi connectivity index (χ1n) is 7.14. The molecule has 3 rings (SSSR count). The Kier molecular flexibility index (Phi) is 3.53. The van der Waals surface area contributed by atoms with E-state index in [0.29, 0.717) is 6.54 Å². The number of imidazole rings is 1. The minimum Gasteiger partial charge on any atom is -0.370 e. The minimum atomic E-state index is 0.167. The molecule has 1 atom stereocenters. The molecule has 1 aliphatic rings. The van der Waals surface area contributed by atoms with E-state index >= 15 is 0 Å². The molecule has 2 aromatic rings. The van der Waals surface area contributed by atoms with Gasteiger partial charge in [0.15, 0.2) is 0 Å². The van der Waals surface area contributed by atoms with Gasteiger partial charge in [-0.3, -0.25) is 0 Å². The molecule has 0 bridgehead atoms. The Morgan fingerprint density at radius 1 is 1.47 bits per heavy atom. The average Bonchev–Trinajstić information content (AvgIpc) is 3.06. The molecular weight excluding hydrogens is 238 g/mol. The van der Waals surface area contributed by atoms with Crippen molar-refractivity contribution < 1.29 is 4.74 Å². The fourth-order valence-corrected chi connectivity index (χ4v) is 2.81. The smallest absolute Gasteiger partial charge is 0.139 e. The van der Waals surface area contributed by atoms with E-state index in [0.717, 1.165) is 49.3 Å². The zero-order valence-electron chi connectivity index (χ0n) is 11.4. The molecule has 4 nitrogen and oxygen atoms in total. The third-order valence-electron chi connectivity index (χ3n) is 3.74. The van der Waals surface area contributed by atoms with E-state index in [4.69, 9.17) is 15.5 Å². The van der Waals surface area contributed by atoms with Crippen LogP contribution >= 0.6 is 0 Å². The summed E-state index contributed by atoms with van der Waals surface area (Å²) in [6.45, 7) is 4.60. The van der Waals surface area contributed by atoms with Gasteiger partial charge >= 0.3 is 0 Å². The summed E-state index contributed by atoms with van der Waals surface area (Å²) in [5.74, 6) is 1.09. The number of rotatable bonds is 4. The Bertz CT molecular complexity index is 570. The van der Waals surface area contributed by atoms with Crippen LogP contribution in [-0.2, 0) is 17.8 Å². The van der Waals surface area contributed by atoms with Gasteiger partial charge in [0.05, 0.1) is 11.0 Å². The van der Waals surface area contributed by atoms with Crippen molar-refractivity contribution in [2.24, 2.45) is 5.73 Å². The van der Waals surface area contributed by atoms with Crippen LogP contribution in [0.3, 0.4) is 0 Å². The van der Waals surface area contributed by atoms with Crippen LogP contribution in [0.1, 0.15) is 43.7 Å². The van der Waals surface area contributed by atoms with Crippen molar-refractivity contribution in [2.45, 2.75) is 45.4 Å². The van der Waals surface area contributed by atoms with Gasteiger partial charge in [-0.1, -0.05) is 13.0 Å². The molecule has 1 fully saturated rings. The van der Waals surface area contributed by atoms with E-state index in [-0.39, 0.29) is 6.10 Å². The van der Waals surface area contributed by atoms with Gasteiger partial charge in [0.1, 0.15) is 11.9 Å². The maximum atomic E-state index is 5.80. The summed E-state index contributed by atoms with van der Waals surface area (Å²) in [5.41, 5.74) is 9.08. The summed E-state index contributed by atoms with van der Waals surface area (Å²) in [6, 6.07) is 6.33. The lowest BCUT2D eigenvalue weighted by Gasteiger charge is -2.12. The molecule has 1 unspecified atom stereocenters. The molecule has 102 valence electrons. The fraction of sp³-hybridized carbons (Fsp3) is 0.533. The van der Waals surface area contributed by atoms with Gasteiger partial charge in [0.25, 0.3) is 0 Å². The molecule has 1 aromatic heterocycles. The molecule has 1 aromatic carbocycles. The molecular formula is C15H21N3O. The van der Waals surface area contributed by atoms with Crippen LogP contribution in [0.15, 0.2) is 18.2 Å². The first-order valence-corrected chi connectivity index (χ1v) is 7.14. The zero-order valence-corrected chi connectivity index (χ0v) is 11.4. The standard InChI is InChI=1S/C15H21N3O/c1-2-7-18-13-6-5-11(10-16)9-12(13)17-15(18)14-4-3-8-19-14/h5-6,9,14H,2-4,7-8,10,16H2,1H3. The van der Waals surface area contributed by atoms with Crippen LogP contribution in [0.4, 0.5) is 0 Å². The summed E-state index contributed by atoms with van der Waals surface area (Å²) < 4.78 is 8.12. The third kappa shape index (κ3) is 2.26. The van der Waals surface area contributed by atoms with E-state index in [1.54, 1.807) is 0 Å². The number of aryl methyl sites for hydroxylation is 1. The number of nitrogens with two attached hydrogens (primary N) is 1. The van der Waals surface area contributed by atoms with Crippen molar-refractivity contribution in [3.05, 3.63) is 29.6 Å². The lowest BCUT2D eigenvalue weighted by molar-refractivity contribution is 0.102. The van der Waals surface area contributed by atoms with Crippen molar-refractivity contribution >= 4 is 11.0 Å². The summed E-state index contributed by atoms with van der Waals surface area (Å²) in [5, 5.41) is 0. The third-order valence-corrected chi connectivity index (χ3v) is 3.74. The quantitative estimate of drug-likeness (QED) is 0.918. The fourth-order valence-electron chi connectivity index (χ4n) is 2.81. The van der Waals surface area contributed by atoms with E-state index in [1.165, 1.54) is 5.52 Å². The van der Waals surface area contributed by atoms with Crippen molar-refractivity contribution in [3.63, 3.8) is 0 Å². The molecule has 0 amide bonds. The molecule has 19 heavy (non-hydrogen) atoms. The molecule has 0 aliphatic carbocycles. The van der Waals surface area contributed by atoms with Crippen LogP contribution in [0, 0.1) is 0 Å². The Labute approximate surface area is 113 Å². The van der Waals surface area contributed by atoms with Gasteiger partial charge in [-0.15, -0.1) is 0 Å². The van der Waals surface area contributed by atoms with Crippen LogP contribution in [0.25, 0.3) is 11.0 Å². The summed E-state index contributed by atoms with van der Waals surface area (Å²) in [6.07, 6.45) is 3.48. The predicted octanol–water partition coefficient (Wildman–Crippen LogP) is 2.76. The number of ether oxygens (including phenoxy) is 1. The first kappa shape index (κ1) is 12.6. The predicted molar refractivity (Wildman–Crippen MR) is 75.8 cm³/mol. The number of fused-ring (bicyclic) bond motifs is 1. The van der Waals surface area contributed by atoms with Crippen molar-refractivity contribution in [2.75, 3.05) is 6.61 Å². The number of benzene rings is 1. The van der Waals surface area contributed by atoms with Crippen molar-refractivity contribution in [3.8, 4) is 0 Å². The number of hydrogen-bond donors (Lipinski definition) is 1. The maximum Gasteiger partial charge on any atom is 0.139 e. The molecule has 0 radical (unpaired) electrons. The van der Waals surface area contributed by atoms with Crippen LogP contribution in [-0.4, -0.2) is 16.2 Å². The molecule has 0 spiro atoms. The Hall–Kier alpha value is -1.39. The molecule has 2 heterocycles. The van der Waals surface area contributed by atoms with Crippen molar-refractivity contribution in [1.82, 2.24) is 9.55 Å². The minimum absolute atomic E-state index is 0.167. The molecule has 4 heteroatoms. The Morgan fingerprint density at radius 3 is 3.05 bits per heavy atom. The molecule has 0 saturated carbocycles. The molecule has 1 saturated heterocycles. The highest BCUT2D eigenvalue weighted by Gasteiger charge is 2.24. The zero-order chi connectivity index (χ0) is 13.2. The summed E-state index contributed by atoms with van der Waals surface area (Å²) in [7, 11) is 0. The van der Waals surface area contributed by atoms with E-state index < -0.39 is 0 Å². The summed E-state index contributed by atoms with van der Waals surface area (Å²) >= 11 is 0. The SMILES string of the molecule is CCCn1c(C2CCCO2)nc2cc(CN)ccc21. The van der Waals surface area contributed by atoms with Gasteiger partial charge in [-0.25, -0.2) is 4.98 Å². The Balaban J connectivity index is 2.10. The van der Waals surface area contributed by atoms with E-state index in [9.17, 15) is 0 Å². The maximum absolute atomic E-state index is 5.80. The van der Waals surface area contributed by atoms with Gasteiger partial charge in [-0.2, -0.15) is 0 Å². The van der Waals surface area contributed by atoms with Crippen LogP contribution in [0.5, 0.6) is 0 Å². The lowest BCUT2D eigenvalue weighted by atomic mass is 10.2. The van der Waals surface area contributed by atoms with Crippen molar-refractivity contribution in [1.29, 1.82) is 0 Å². The second-order valence-corrected chi connectivity index (χ2v) is 5.15. The largest absolute Gasteiger partial charge is 0.370 e. The normalized spacial score (nSPS) is 19.4. The van der Waals surface area contributed by atoms with Gasteiger partial charge in [0.2, 0.25) is 0 Å². The van der Waals surface area contributed by atoms with Gasteiger partial charge in [-0.05, 0) is 37.0 Å². The highest BCUT2D eigenvalue weighted by atomic mass is 16.5. The topological polar surface area (TPSA) is 53.1 Å². The second-order valence-electron chi connectivity index (χ2n) is 5.15. The van der Waals surface area contributed by atoms with Crippen LogP contribution < -0.4 is 5.73 Å². The molecule has 1 aliphatic heterocycles. The van der Waals surface area contributed by atoms with E-state index in [1.807, 2.05) is 0 Å². The van der Waals surface area contributed by atoms with Gasteiger partial charge in [0, 0.05) is 19.7 Å². The van der Waals surface area contributed by atoms with Gasteiger partial charge < -0.3 is 15.0 Å². The highest BCUT2D eigenvalue weighted by Crippen LogP contribution is 2.31. The monoisotopic (exact) mass is 259 g/mol. The van der Waals surface area contributed by atoms with Crippen LogP contribution in [0.2, 0.25) is 0 Å². The Morgan fingerprint density at radius 2 is 2.37 bits per heavy atom. The first-order chi connectivity index (χ1) is 9.33. The lowest BCUT2D eigenvalue weighted by Crippen LogP contribution is -2.08. The number of nitrogens with zero attached hydrogens (tertiary/aromatic N) is 2. The second kappa shape index (κ2) is 5.31. The average molecular weight is 259 g/mol. The summed E-state index contributed by atoms with van der Waals surface area (Å²) in [4.78, 5) is 4.80. The molecule has 2 N–H and O–H groups in total. The number of hydrogen-bond acceptors (Lipinski definition) is 3. The highest BCUT2D eigenvalue weighted by molar-refractivity contribution is 5.77. The number of aromatic nitrogens is 2.